The molecule has 0 N–H and O–H groups in total. The smallest absolute Gasteiger partial charge is 0.119 e. The largest absolute Gasteiger partial charge is 0.490 e. The molecule has 3 rings (SSSR count). The normalized spacial score (nSPS) is 16.1. The van der Waals surface area contributed by atoms with E-state index in [0.29, 0.717) is 6.10 Å². The van der Waals surface area contributed by atoms with Crippen LogP contribution in [0.4, 0.5) is 5.69 Å². The maximum atomic E-state index is 6.02. The summed E-state index contributed by atoms with van der Waals surface area (Å²) >= 11 is 0. The molecule has 0 radical (unpaired) electrons. The predicted octanol–water partition coefficient (Wildman–Crippen LogP) is 3.44. The highest BCUT2D eigenvalue weighted by atomic mass is 16.5. The van der Waals surface area contributed by atoms with Gasteiger partial charge in [0.2, 0.25) is 0 Å². The van der Waals surface area contributed by atoms with Crippen LogP contribution in [-0.2, 0) is 0 Å². The monoisotopic (exact) mass is 268 g/mol. The van der Waals surface area contributed by atoms with Crippen LogP contribution in [0.3, 0.4) is 0 Å². The van der Waals surface area contributed by atoms with E-state index < -0.39 is 0 Å². The molecular formula is C17H20N2O. The lowest BCUT2D eigenvalue weighted by Crippen LogP contribution is -2.38. The molecule has 1 aliphatic heterocycles. The van der Waals surface area contributed by atoms with E-state index in [0.717, 1.165) is 37.4 Å². The third-order valence-electron chi connectivity index (χ3n) is 3.73. The number of aromatic nitrogens is 1. The van der Waals surface area contributed by atoms with Crippen LogP contribution in [0.2, 0.25) is 0 Å². The maximum absolute atomic E-state index is 6.02. The van der Waals surface area contributed by atoms with E-state index in [1.165, 1.54) is 5.69 Å². The van der Waals surface area contributed by atoms with Crippen LogP contribution < -0.4 is 9.64 Å². The zero-order valence-corrected chi connectivity index (χ0v) is 11.8. The highest BCUT2D eigenvalue weighted by Crippen LogP contribution is 2.23. The Kier molecular flexibility index (Phi) is 3.86. The van der Waals surface area contributed by atoms with Crippen molar-refractivity contribution >= 4 is 5.69 Å². The summed E-state index contributed by atoms with van der Waals surface area (Å²) in [7, 11) is 0. The van der Waals surface area contributed by atoms with Gasteiger partial charge >= 0.3 is 0 Å². The first-order chi connectivity index (χ1) is 9.81. The molecule has 1 aliphatic rings. The number of ether oxygens (including phenoxy) is 1. The Morgan fingerprint density at radius 1 is 1.10 bits per heavy atom. The molecule has 1 saturated heterocycles. The molecule has 2 heterocycles. The van der Waals surface area contributed by atoms with Gasteiger partial charge in [0.15, 0.2) is 0 Å². The number of pyridine rings is 1. The molecule has 0 spiro atoms. The fourth-order valence-electron chi connectivity index (χ4n) is 2.65. The third-order valence-corrected chi connectivity index (χ3v) is 3.73. The van der Waals surface area contributed by atoms with Gasteiger partial charge in [-0.25, -0.2) is 0 Å². The molecule has 1 fully saturated rings. The summed E-state index contributed by atoms with van der Waals surface area (Å²) in [5, 5.41) is 0. The summed E-state index contributed by atoms with van der Waals surface area (Å²) in [4.78, 5) is 6.67. The van der Waals surface area contributed by atoms with Crippen LogP contribution in [-0.4, -0.2) is 24.2 Å². The van der Waals surface area contributed by atoms with Crippen LogP contribution in [0.5, 0.6) is 5.75 Å². The minimum absolute atomic E-state index is 0.330. The van der Waals surface area contributed by atoms with Crippen molar-refractivity contribution in [2.24, 2.45) is 0 Å². The Morgan fingerprint density at radius 3 is 2.55 bits per heavy atom. The van der Waals surface area contributed by atoms with Crippen LogP contribution in [0.25, 0.3) is 0 Å². The number of hydrogen-bond donors (Lipinski definition) is 0. The maximum Gasteiger partial charge on any atom is 0.119 e. The fourth-order valence-corrected chi connectivity index (χ4v) is 2.65. The minimum atomic E-state index is 0.330. The van der Waals surface area contributed by atoms with Crippen molar-refractivity contribution in [3.05, 3.63) is 54.4 Å². The van der Waals surface area contributed by atoms with Crippen LogP contribution in [0.1, 0.15) is 18.5 Å². The molecule has 1 aromatic carbocycles. The zero-order valence-electron chi connectivity index (χ0n) is 11.8. The summed E-state index contributed by atoms with van der Waals surface area (Å²) in [6.07, 6.45) is 4.35. The van der Waals surface area contributed by atoms with Crippen LogP contribution in [0.15, 0.2) is 48.7 Å². The number of piperidine rings is 1. The van der Waals surface area contributed by atoms with E-state index >= 15 is 0 Å². The Labute approximate surface area is 120 Å². The molecule has 3 heteroatoms. The second-order valence-corrected chi connectivity index (χ2v) is 5.27. The Bertz CT molecular complexity index is 548. The Hall–Kier alpha value is -2.03. The molecule has 3 nitrogen and oxygen atoms in total. The molecule has 0 aliphatic carbocycles. The number of hydrogen-bond acceptors (Lipinski definition) is 3. The molecular weight excluding hydrogens is 248 g/mol. The van der Waals surface area contributed by atoms with E-state index in [1.54, 1.807) is 0 Å². The Morgan fingerprint density at radius 2 is 1.85 bits per heavy atom. The van der Waals surface area contributed by atoms with Crippen molar-refractivity contribution in [3.63, 3.8) is 0 Å². The molecule has 0 saturated carbocycles. The molecule has 2 aromatic rings. The number of aryl methyl sites for hydroxylation is 1. The van der Waals surface area contributed by atoms with Crippen molar-refractivity contribution in [2.45, 2.75) is 25.9 Å². The number of para-hydroxylation sites is 1. The molecule has 1 aromatic heterocycles. The van der Waals surface area contributed by atoms with Crippen molar-refractivity contribution in [3.8, 4) is 5.75 Å². The van der Waals surface area contributed by atoms with Gasteiger partial charge < -0.3 is 9.64 Å². The first-order valence-electron chi connectivity index (χ1n) is 7.20. The van der Waals surface area contributed by atoms with Crippen molar-refractivity contribution in [1.29, 1.82) is 0 Å². The van der Waals surface area contributed by atoms with Gasteiger partial charge in [-0.05, 0) is 31.2 Å². The molecule has 0 bridgehead atoms. The number of nitrogens with zero attached hydrogens (tertiary/aromatic N) is 2. The summed E-state index contributed by atoms with van der Waals surface area (Å²) in [6.45, 7) is 4.12. The van der Waals surface area contributed by atoms with Gasteiger partial charge in [-0.1, -0.05) is 18.2 Å². The van der Waals surface area contributed by atoms with E-state index in [2.05, 4.69) is 22.0 Å². The quantitative estimate of drug-likeness (QED) is 0.852. The lowest BCUT2D eigenvalue weighted by molar-refractivity contribution is 0.171. The molecule has 104 valence electrons. The van der Waals surface area contributed by atoms with Gasteiger partial charge in [0.1, 0.15) is 11.9 Å². The average molecular weight is 268 g/mol. The van der Waals surface area contributed by atoms with E-state index in [9.17, 15) is 0 Å². The Balaban J connectivity index is 1.57. The predicted molar refractivity (Wildman–Crippen MR) is 81.3 cm³/mol. The first-order valence-corrected chi connectivity index (χ1v) is 7.20. The van der Waals surface area contributed by atoms with Crippen LogP contribution in [0, 0.1) is 6.92 Å². The van der Waals surface area contributed by atoms with Gasteiger partial charge in [-0.2, -0.15) is 0 Å². The van der Waals surface area contributed by atoms with Gasteiger partial charge in [-0.3, -0.25) is 4.98 Å². The second kappa shape index (κ2) is 5.95. The lowest BCUT2D eigenvalue weighted by Gasteiger charge is -2.33. The molecule has 0 unspecified atom stereocenters. The SMILES string of the molecule is Cc1cc(N2CCC(Oc3ccccc3)CC2)ccn1. The highest BCUT2D eigenvalue weighted by Gasteiger charge is 2.20. The van der Waals surface area contributed by atoms with Crippen molar-refractivity contribution < 1.29 is 4.74 Å². The number of anilines is 1. The first kappa shape index (κ1) is 13.0. The summed E-state index contributed by atoms with van der Waals surface area (Å²) < 4.78 is 6.02. The standard InChI is InChI=1S/C17H20N2O/c1-14-13-15(7-10-18-14)19-11-8-17(9-12-19)20-16-5-3-2-4-6-16/h2-7,10,13,17H,8-9,11-12H2,1H3. The lowest BCUT2D eigenvalue weighted by atomic mass is 10.1. The molecule has 20 heavy (non-hydrogen) atoms. The van der Waals surface area contributed by atoms with E-state index in [-0.39, 0.29) is 0 Å². The average Bonchev–Trinajstić information content (AvgIpc) is 2.49. The van der Waals surface area contributed by atoms with Gasteiger partial charge in [0.05, 0.1) is 0 Å². The third kappa shape index (κ3) is 3.10. The molecule has 0 amide bonds. The van der Waals surface area contributed by atoms with Gasteiger partial charge in [0, 0.05) is 43.5 Å². The summed E-state index contributed by atoms with van der Waals surface area (Å²) in [6, 6.07) is 14.3. The summed E-state index contributed by atoms with van der Waals surface area (Å²) in [5.74, 6) is 0.978. The zero-order chi connectivity index (χ0) is 13.8. The van der Waals surface area contributed by atoms with E-state index in [1.807, 2.05) is 43.5 Å². The minimum Gasteiger partial charge on any atom is -0.490 e. The van der Waals surface area contributed by atoms with Crippen molar-refractivity contribution in [1.82, 2.24) is 4.98 Å². The number of benzene rings is 1. The topological polar surface area (TPSA) is 25.4 Å². The van der Waals surface area contributed by atoms with Crippen molar-refractivity contribution in [2.75, 3.05) is 18.0 Å². The van der Waals surface area contributed by atoms with Gasteiger partial charge in [0.25, 0.3) is 0 Å². The van der Waals surface area contributed by atoms with Gasteiger partial charge in [-0.15, -0.1) is 0 Å². The number of rotatable bonds is 3. The van der Waals surface area contributed by atoms with E-state index in [4.69, 9.17) is 4.74 Å². The fraction of sp³-hybridized carbons (Fsp3) is 0.353. The molecule has 0 atom stereocenters. The van der Waals surface area contributed by atoms with Crippen LogP contribution >= 0.6 is 0 Å². The second-order valence-electron chi connectivity index (χ2n) is 5.27. The summed E-state index contributed by atoms with van der Waals surface area (Å²) in [5.41, 5.74) is 2.35. The highest BCUT2D eigenvalue weighted by molar-refractivity contribution is 5.46.